The predicted octanol–water partition coefficient (Wildman–Crippen LogP) is 2.94. The number of hydrogen-bond acceptors (Lipinski definition) is 4. The van der Waals surface area contributed by atoms with Gasteiger partial charge < -0.3 is 15.8 Å². The molecule has 2 aromatic carbocycles. The summed E-state index contributed by atoms with van der Waals surface area (Å²) in [6, 6.07) is 10.7. The van der Waals surface area contributed by atoms with E-state index in [-0.39, 0.29) is 5.82 Å². The van der Waals surface area contributed by atoms with Gasteiger partial charge in [-0.2, -0.15) is 0 Å². The molecular formula is C14H13FN2O2. The van der Waals surface area contributed by atoms with Gasteiger partial charge in [0.1, 0.15) is 5.82 Å². The SMILES string of the molecule is COC(=O)c1ccc(Nc2cc(F)ccc2N)cc1. The van der Waals surface area contributed by atoms with Gasteiger partial charge in [0.05, 0.1) is 24.0 Å². The Morgan fingerprint density at radius 2 is 1.89 bits per heavy atom. The minimum Gasteiger partial charge on any atom is -0.465 e. The van der Waals surface area contributed by atoms with Crippen LogP contribution in [0.2, 0.25) is 0 Å². The summed E-state index contributed by atoms with van der Waals surface area (Å²) in [5.41, 5.74) is 7.80. The summed E-state index contributed by atoms with van der Waals surface area (Å²) in [5, 5.41) is 2.98. The quantitative estimate of drug-likeness (QED) is 0.658. The Bertz CT molecular complexity index is 597. The lowest BCUT2D eigenvalue weighted by Crippen LogP contribution is -2.01. The number of hydrogen-bond donors (Lipinski definition) is 2. The number of rotatable bonds is 3. The number of esters is 1. The fourth-order valence-corrected chi connectivity index (χ4v) is 1.60. The van der Waals surface area contributed by atoms with Crippen molar-refractivity contribution < 1.29 is 13.9 Å². The Hall–Kier alpha value is -2.56. The summed E-state index contributed by atoms with van der Waals surface area (Å²) in [4.78, 5) is 11.3. The maximum atomic E-state index is 13.1. The van der Waals surface area contributed by atoms with Gasteiger partial charge in [-0.05, 0) is 42.5 Å². The van der Waals surface area contributed by atoms with Crippen LogP contribution in [0.15, 0.2) is 42.5 Å². The van der Waals surface area contributed by atoms with E-state index in [4.69, 9.17) is 5.73 Å². The molecule has 5 heteroatoms. The van der Waals surface area contributed by atoms with E-state index < -0.39 is 5.97 Å². The highest BCUT2D eigenvalue weighted by atomic mass is 19.1. The smallest absolute Gasteiger partial charge is 0.337 e. The fraction of sp³-hybridized carbons (Fsp3) is 0.0714. The van der Waals surface area contributed by atoms with Crippen LogP contribution in [-0.4, -0.2) is 13.1 Å². The zero-order valence-corrected chi connectivity index (χ0v) is 10.3. The number of carbonyl (C=O) groups is 1. The molecule has 0 fully saturated rings. The third-order valence-corrected chi connectivity index (χ3v) is 2.60. The van der Waals surface area contributed by atoms with E-state index in [1.165, 1.54) is 25.3 Å². The highest BCUT2D eigenvalue weighted by Crippen LogP contribution is 2.24. The molecule has 98 valence electrons. The zero-order chi connectivity index (χ0) is 13.8. The normalized spacial score (nSPS) is 10.0. The largest absolute Gasteiger partial charge is 0.465 e. The van der Waals surface area contributed by atoms with Crippen molar-refractivity contribution in [1.82, 2.24) is 0 Å². The summed E-state index contributed by atoms with van der Waals surface area (Å²) >= 11 is 0. The van der Waals surface area contributed by atoms with Crippen molar-refractivity contribution in [1.29, 1.82) is 0 Å². The van der Waals surface area contributed by atoms with Gasteiger partial charge >= 0.3 is 5.97 Å². The van der Waals surface area contributed by atoms with Crippen LogP contribution in [0.1, 0.15) is 10.4 Å². The number of methoxy groups -OCH3 is 1. The summed E-state index contributed by atoms with van der Waals surface area (Å²) in [6.07, 6.45) is 0. The maximum absolute atomic E-state index is 13.1. The molecule has 0 amide bonds. The van der Waals surface area contributed by atoms with Crippen molar-refractivity contribution in [3.8, 4) is 0 Å². The molecular weight excluding hydrogens is 247 g/mol. The second-order valence-corrected chi connectivity index (χ2v) is 3.93. The second kappa shape index (κ2) is 5.39. The van der Waals surface area contributed by atoms with Gasteiger partial charge in [0, 0.05) is 5.69 Å². The highest BCUT2D eigenvalue weighted by Gasteiger charge is 2.05. The lowest BCUT2D eigenvalue weighted by molar-refractivity contribution is 0.0601. The summed E-state index contributed by atoms with van der Waals surface area (Å²) in [6.45, 7) is 0. The van der Waals surface area contributed by atoms with E-state index in [0.717, 1.165) is 0 Å². The molecule has 0 aliphatic heterocycles. The first-order valence-corrected chi connectivity index (χ1v) is 5.60. The van der Waals surface area contributed by atoms with E-state index in [1.54, 1.807) is 24.3 Å². The van der Waals surface area contributed by atoms with Crippen LogP contribution in [0.5, 0.6) is 0 Å². The van der Waals surface area contributed by atoms with Crippen LogP contribution in [0.4, 0.5) is 21.5 Å². The van der Waals surface area contributed by atoms with Gasteiger partial charge in [-0.3, -0.25) is 0 Å². The van der Waals surface area contributed by atoms with E-state index >= 15 is 0 Å². The van der Waals surface area contributed by atoms with Crippen LogP contribution < -0.4 is 11.1 Å². The van der Waals surface area contributed by atoms with Crippen molar-refractivity contribution in [2.45, 2.75) is 0 Å². The Labute approximate surface area is 110 Å². The Balaban J connectivity index is 2.19. The van der Waals surface area contributed by atoms with E-state index in [9.17, 15) is 9.18 Å². The average molecular weight is 260 g/mol. The fourth-order valence-electron chi connectivity index (χ4n) is 1.60. The summed E-state index contributed by atoms with van der Waals surface area (Å²) in [5.74, 6) is -0.778. The lowest BCUT2D eigenvalue weighted by atomic mass is 10.2. The molecule has 2 rings (SSSR count). The average Bonchev–Trinajstić information content (AvgIpc) is 2.43. The third kappa shape index (κ3) is 3.01. The molecule has 0 aliphatic rings. The Morgan fingerprint density at radius 1 is 1.21 bits per heavy atom. The predicted molar refractivity (Wildman–Crippen MR) is 71.9 cm³/mol. The standard InChI is InChI=1S/C14H13FN2O2/c1-19-14(18)9-2-5-11(6-3-9)17-13-8-10(15)4-7-12(13)16/h2-8,17H,16H2,1H3. The van der Waals surface area contributed by atoms with E-state index in [0.29, 0.717) is 22.6 Å². The minimum atomic E-state index is -0.406. The molecule has 0 aliphatic carbocycles. The van der Waals surface area contributed by atoms with E-state index in [1.807, 2.05) is 0 Å². The van der Waals surface area contributed by atoms with Crippen molar-refractivity contribution in [3.05, 3.63) is 53.8 Å². The molecule has 3 N–H and O–H groups in total. The Kier molecular flexibility index (Phi) is 3.66. The highest BCUT2D eigenvalue weighted by molar-refractivity contribution is 5.89. The minimum absolute atomic E-state index is 0.372. The number of ether oxygens (including phenoxy) is 1. The van der Waals surface area contributed by atoms with Crippen molar-refractivity contribution in [3.63, 3.8) is 0 Å². The summed E-state index contributed by atoms with van der Waals surface area (Å²) in [7, 11) is 1.32. The van der Waals surface area contributed by atoms with Gasteiger partial charge in [0.15, 0.2) is 0 Å². The Morgan fingerprint density at radius 3 is 2.53 bits per heavy atom. The van der Waals surface area contributed by atoms with Gasteiger partial charge in [-0.1, -0.05) is 0 Å². The molecule has 0 atom stereocenters. The molecule has 0 unspecified atom stereocenters. The van der Waals surface area contributed by atoms with Crippen LogP contribution in [0, 0.1) is 5.82 Å². The van der Waals surface area contributed by atoms with Crippen molar-refractivity contribution >= 4 is 23.0 Å². The number of nitrogens with one attached hydrogen (secondary N) is 1. The van der Waals surface area contributed by atoms with Gasteiger partial charge in [-0.25, -0.2) is 9.18 Å². The van der Waals surface area contributed by atoms with Crippen molar-refractivity contribution in [2.24, 2.45) is 0 Å². The first-order valence-electron chi connectivity index (χ1n) is 5.60. The molecule has 19 heavy (non-hydrogen) atoms. The number of benzene rings is 2. The molecule has 0 bridgehead atoms. The zero-order valence-electron chi connectivity index (χ0n) is 10.3. The summed E-state index contributed by atoms with van der Waals surface area (Å²) < 4.78 is 17.7. The maximum Gasteiger partial charge on any atom is 0.337 e. The first-order chi connectivity index (χ1) is 9.10. The number of anilines is 3. The molecule has 2 aromatic rings. The molecule has 0 saturated heterocycles. The van der Waals surface area contributed by atoms with Gasteiger partial charge in [0.25, 0.3) is 0 Å². The second-order valence-electron chi connectivity index (χ2n) is 3.93. The molecule has 0 aromatic heterocycles. The first kappa shape index (κ1) is 12.9. The monoisotopic (exact) mass is 260 g/mol. The molecule has 0 spiro atoms. The lowest BCUT2D eigenvalue weighted by Gasteiger charge is -2.09. The van der Waals surface area contributed by atoms with Gasteiger partial charge in [0.2, 0.25) is 0 Å². The number of nitrogens with two attached hydrogens (primary N) is 1. The van der Waals surface area contributed by atoms with Crippen molar-refractivity contribution in [2.75, 3.05) is 18.2 Å². The molecule has 4 nitrogen and oxygen atoms in total. The molecule has 0 saturated carbocycles. The molecule has 0 heterocycles. The van der Waals surface area contributed by atoms with Crippen LogP contribution in [0.3, 0.4) is 0 Å². The van der Waals surface area contributed by atoms with Crippen LogP contribution in [0.25, 0.3) is 0 Å². The number of carbonyl (C=O) groups excluding carboxylic acids is 1. The topological polar surface area (TPSA) is 64.3 Å². The number of nitrogen functional groups attached to an aromatic ring is 1. The molecule has 0 radical (unpaired) electrons. The third-order valence-electron chi connectivity index (χ3n) is 2.60. The van der Waals surface area contributed by atoms with E-state index in [2.05, 4.69) is 10.1 Å². The number of halogens is 1. The van der Waals surface area contributed by atoms with Crippen LogP contribution in [-0.2, 0) is 4.74 Å². The van der Waals surface area contributed by atoms with Crippen LogP contribution >= 0.6 is 0 Å². The van der Waals surface area contributed by atoms with Gasteiger partial charge in [-0.15, -0.1) is 0 Å².